The first-order chi connectivity index (χ1) is 15.9. The molecule has 0 aliphatic rings. The minimum Gasteiger partial charge on any atom is -0.490 e. The molecule has 6 nitrogen and oxygen atoms in total. The predicted octanol–water partition coefficient (Wildman–Crippen LogP) is 7.27. The Labute approximate surface area is 233 Å². The van der Waals surface area contributed by atoms with Crippen LogP contribution in [0, 0.1) is 0 Å². The van der Waals surface area contributed by atoms with Crippen LogP contribution in [0.15, 0.2) is 73.8 Å². The van der Waals surface area contributed by atoms with Gasteiger partial charge >= 0.3 is 11.9 Å². The van der Waals surface area contributed by atoms with Crippen molar-refractivity contribution in [2.75, 3.05) is 26.4 Å². The average Bonchev–Trinajstić information content (AvgIpc) is 2.86. The lowest BCUT2D eigenvalue weighted by Gasteiger charge is -2.26. The summed E-state index contributed by atoms with van der Waals surface area (Å²) in [6, 6.07) is 15.7. The predicted molar refractivity (Wildman–Crippen MR) is 160 cm³/mol. The number of esters is 2. The number of benzene rings is 2. The number of hydrogen-bond acceptors (Lipinski definition) is 6. The van der Waals surface area contributed by atoms with E-state index < -0.39 is 11.9 Å². The maximum absolute atomic E-state index is 11.0. The van der Waals surface area contributed by atoms with Crippen molar-refractivity contribution in [3.05, 3.63) is 85.0 Å². The standard InChI is InChI=1S/C25H28O6.2CH4.I2/c1-5-23(26)30-17-15-28-21-11-7-19(8-12-21)25(3,4)20-9-13-22(14-10-20)29-16-18-31-24(27)6-2;;;1-2/h5-14H,1-2,15-18H2,3-4H3;2*1H4;. The fourth-order valence-electron chi connectivity index (χ4n) is 2.82. The minimum absolute atomic E-state index is 0. The second-order valence-electron chi connectivity index (χ2n) is 7.11. The molecule has 0 saturated heterocycles. The molecule has 0 unspecified atom stereocenters. The zero-order chi connectivity index (χ0) is 24.7. The Morgan fingerprint density at radius 3 is 1.31 bits per heavy atom. The van der Waals surface area contributed by atoms with Gasteiger partial charge in [-0.05, 0) is 35.4 Å². The van der Waals surface area contributed by atoms with Crippen LogP contribution in [0.3, 0.4) is 0 Å². The van der Waals surface area contributed by atoms with Crippen molar-refractivity contribution in [1.29, 1.82) is 0 Å². The monoisotopic (exact) mass is 710 g/mol. The zero-order valence-electron chi connectivity index (χ0n) is 18.7. The van der Waals surface area contributed by atoms with Crippen LogP contribution in [-0.2, 0) is 24.5 Å². The Hall–Kier alpha value is -2.08. The van der Waals surface area contributed by atoms with E-state index in [2.05, 4.69) is 64.2 Å². The Morgan fingerprint density at radius 1 is 0.714 bits per heavy atom. The largest absolute Gasteiger partial charge is 0.490 e. The molecule has 0 aromatic heterocycles. The van der Waals surface area contributed by atoms with Crippen LogP contribution in [-0.4, -0.2) is 38.4 Å². The smallest absolute Gasteiger partial charge is 0.330 e. The summed E-state index contributed by atoms with van der Waals surface area (Å²) >= 11 is 4.24. The first kappa shape index (κ1) is 35.1. The molecule has 0 spiro atoms. The van der Waals surface area contributed by atoms with E-state index in [1.807, 2.05) is 48.5 Å². The third-order valence-electron chi connectivity index (χ3n) is 4.68. The summed E-state index contributed by atoms with van der Waals surface area (Å²) in [6.45, 7) is 11.9. The Kier molecular flexibility index (Phi) is 19.2. The van der Waals surface area contributed by atoms with Gasteiger partial charge in [-0.2, -0.15) is 0 Å². The van der Waals surface area contributed by atoms with E-state index in [-0.39, 0.29) is 46.7 Å². The molecule has 0 atom stereocenters. The van der Waals surface area contributed by atoms with Gasteiger partial charge in [0, 0.05) is 54.8 Å². The van der Waals surface area contributed by atoms with Crippen LogP contribution in [0.4, 0.5) is 0 Å². The molecule has 0 N–H and O–H groups in total. The molecule has 8 heteroatoms. The molecule has 2 rings (SSSR count). The molecule has 194 valence electrons. The third kappa shape index (κ3) is 12.4. The summed E-state index contributed by atoms with van der Waals surface area (Å²) in [5, 5.41) is 0. The van der Waals surface area contributed by atoms with E-state index in [0.29, 0.717) is 11.5 Å². The van der Waals surface area contributed by atoms with Gasteiger partial charge in [-0.1, -0.05) is 66.1 Å². The van der Waals surface area contributed by atoms with Crippen LogP contribution in [0.25, 0.3) is 0 Å². The zero-order valence-corrected chi connectivity index (χ0v) is 23.0. The number of halogens is 2. The van der Waals surface area contributed by atoms with Gasteiger partial charge in [-0.25, -0.2) is 9.59 Å². The number of carbonyl (C=O) groups is 2. The number of rotatable bonds is 12. The van der Waals surface area contributed by atoms with Crippen molar-refractivity contribution >= 4 is 49.2 Å². The molecular weight excluding hydrogens is 674 g/mol. The number of carbonyl (C=O) groups excluding carboxylic acids is 2. The lowest BCUT2D eigenvalue weighted by atomic mass is 9.78. The van der Waals surface area contributed by atoms with Crippen molar-refractivity contribution in [3.8, 4) is 11.5 Å². The maximum atomic E-state index is 11.0. The number of hydrogen-bond donors (Lipinski definition) is 0. The Bertz CT molecular complexity index is 819. The molecule has 0 heterocycles. The van der Waals surface area contributed by atoms with E-state index in [9.17, 15) is 9.59 Å². The highest BCUT2D eigenvalue weighted by molar-refractivity contribution is 15.0. The normalized spacial score (nSPS) is 9.60. The van der Waals surface area contributed by atoms with E-state index in [1.54, 1.807) is 0 Å². The quantitative estimate of drug-likeness (QED) is 0.1000. The topological polar surface area (TPSA) is 71.1 Å². The summed E-state index contributed by atoms with van der Waals surface area (Å²) in [6.07, 6.45) is 2.24. The van der Waals surface area contributed by atoms with Crippen molar-refractivity contribution in [2.45, 2.75) is 34.1 Å². The lowest BCUT2D eigenvalue weighted by molar-refractivity contribution is -0.139. The highest BCUT2D eigenvalue weighted by atomic mass is 128. The summed E-state index contributed by atoms with van der Waals surface area (Å²) in [5.41, 5.74) is 2.03. The first-order valence-corrected chi connectivity index (χ1v) is 16.3. The summed E-state index contributed by atoms with van der Waals surface area (Å²) in [7, 11) is 0. The molecule has 0 amide bonds. The summed E-state index contributed by atoms with van der Waals surface area (Å²) in [5.74, 6) is 0.478. The van der Waals surface area contributed by atoms with Crippen LogP contribution in [0.2, 0.25) is 0 Å². The average molecular weight is 710 g/mol. The lowest BCUT2D eigenvalue weighted by Crippen LogP contribution is -2.19. The SMILES string of the molecule is C.C.C=CC(=O)OCCOc1ccc(C(C)(C)c2ccc(OCCOC(=O)C=C)cc2)cc1.II. The highest BCUT2D eigenvalue weighted by Gasteiger charge is 2.23. The molecule has 2 aromatic carbocycles. The van der Waals surface area contributed by atoms with Gasteiger partial charge in [0.2, 0.25) is 0 Å². The van der Waals surface area contributed by atoms with Gasteiger partial charge in [0.05, 0.1) is 0 Å². The van der Waals surface area contributed by atoms with Gasteiger partial charge in [-0.15, -0.1) is 0 Å². The number of ether oxygens (including phenoxy) is 4. The maximum Gasteiger partial charge on any atom is 0.330 e. The molecular formula is C27H36I2O6. The molecule has 2 aromatic rings. The summed E-state index contributed by atoms with van der Waals surface area (Å²) in [4.78, 5) is 22.0. The molecule has 0 fully saturated rings. The van der Waals surface area contributed by atoms with Crippen LogP contribution in [0.1, 0.15) is 39.8 Å². The van der Waals surface area contributed by atoms with E-state index in [1.165, 1.54) is 0 Å². The molecule has 35 heavy (non-hydrogen) atoms. The van der Waals surface area contributed by atoms with E-state index in [0.717, 1.165) is 23.3 Å². The van der Waals surface area contributed by atoms with Crippen molar-refractivity contribution in [1.82, 2.24) is 0 Å². The van der Waals surface area contributed by atoms with Gasteiger partial charge in [0.1, 0.15) is 37.9 Å². The fraction of sp³-hybridized carbons (Fsp3) is 0.333. The van der Waals surface area contributed by atoms with Crippen LogP contribution < -0.4 is 9.47 Å². The molecule has 0 radical (unpaired) electrons. The third-order valence-corrected chi connectivity index (χ3v) is 4.68. The molecule has 0 aliphatic heterocycles. The Balaban J connectivity index is 0. The van der Waals surface area contributed by atoms with Crippen LogP contribution in [0.5, 0.6) is 11.5 Å². The Morgan fingerprint density at radius 2 is 1.03 bits per heavy atom. The van der Waals surface area contributed by atoms with Gasteiger partial charge in [0.25, 0.3) is 0 Å². The molecule has 0 bridgehead atoms. The second-order valence-corrected chi connectivity index (χ2v) is 7.11. The first-order valence-electron chi connectivity index (χ1n) is 10.1. The summed E-state index contributed by atoms with van der Waals surface area (Å²) < 4.78 is 21.0. The van der Waals surface area contributed by atoms with Crippen LogP contribution >= 0.6 is 37.2 Å². The van der Waals surface area contributed by atoms with E-state index in [4.69, 9.17) is 18.9 Å². The van der Waals surface area contributed by atoms with Gasteiger partial charge < -0.3 is 18.9 Å². The van der Waals surface area contributed by atoms with Gasteiger partial charge in [0.15, 0.2) is 0 Å². The fourth-order valence-corrected chi connectivity index (χ4v) is 2.82. The molecule has 0 aliphatic carbocycles. The molecule has 0 saturated carbocycles. The van der Waals surface area contributed by atoms with Crippen molar-refractivity contribution in [2.24, 2.45) is 0 Å². The second kappa shape index (κ2) is 19.1. The van der Waals surface area contributed by atoms with Crippen molar-refractivity contribution in [3.63, 3.8) is 0 Å². The van der Waals surface area contributed by atoms with E-state index >= 15 is 0 Å². The highest BCUT2D eigenvalue weighted by Crippen LogP contribution is 2.33. The van der Waals surface area contributed by atoms with Gasteiger partial charge in [-0.3, -0.25) is 0 Å². The minimum atomic E-state index is -0.465. The van der Waals surface area contributed by atoms with Crippen molar-refractivity contribution < 1.29 is 28.5 Å².